The van der Waals surface area contributed by atoms with E-state index in [1.54, 1.807) is 12.1 Å². The Morgan fingerprint density at radius 2 is 1.66 bits per heavy atom. The lowest BCUT2D eigenvalue weighted by Gasteiger charge is -2.25. The van der Waals surface area contributed by atoms with Gasteiger partial charge < -0.3 is 10.2 Å². The maximum atomic E-state index is 12.7. The van der Waals surface area contributed by atoms with E-state index in [1.165, 1.54) is 16.4 Å². The van der Waals surface area contributed by atoms with Crippen molar-refractivity contribution in [3.63, 3.8) is 0 Å². The van der Waals surface area contributed by atoms with Crippen LogP contribution in [0.5, 0.6) is 0 Å². The third-order valence-electron chi connectivity index (χ3n) is 6.13. The molecule has 0 radical (unpaired) electrons. The summed E-state index contributed by atoms with van der Waals surface area (Å²) in [5.74, 6) is -0.102. The number of rotatable bonds is 7. The summed E-state index contributed by atoms with van der Waals surface area (Å²) in [5, 5.41) is 2.89. The number of sulfonamides is 1. The molecule has 1 atom stereocenters. The Hall–Kier alpha value is -2.71. The minimum Gasteiger partial charge on any atom is -0.352 e. The fourth-order valence-corrected chi connectivity index (χ4v) is 5.84. The Morgan fingerprint density at radius 3 is 2.34 bits per heavy atom. The van der Waals surface area contributed by atoms with Crippen molar-refractivity contribution in [2.24, 2.45) is 5.92 Å². The number of piperidine rings is 1. The molecular weight excluding hydrogens is 426 g/mol. The Kier molecular flexibility index (Phi) is 6.91. The highest BCUT2D eigenvalue weighted by atomic mass is 32.2. The molecule has 2 fully saturated rings. The van der Waals surface area contributed by atoms with Crippen molar-refractivity contribution in [3.05, 3.63) is 65.7 Å². The normalized spacial score (nSPS) is 19.8. The molecule has 2 aliphatic rings. The van der Waals surface area contributed by atoms with E-state index in [0.29, 0.717) is 44.7 Å². The number of amides is 2. The van der Waals surface area contributed by atoms with Gasteiger partial charge in [0.15, 0.2) is 0 Å². The predicted octanol–water partition coefficient (Wildman–Crippen LogP) is 2.64. The highest BCUT2D eigenvalue weighted by Crippen LogP contribution is 2.22. The summed E-state index contributed by atoms with van der Waals surface area (Å²) in [7, 11) is -3.51. The quantitative estimate of drug-likeness (QED) is 0.695. The van der Waals surface area contributed by atoms with Crippen LogP contribution in [0.15, 0.2) is 59.5 Å². The van der Waals surface area contributed by atoms with Gasteiger partial charge in [-0.3, -0.25) is 9.59 Å². The largest absolute Gasteiger partial charge is 0.352 e. The Labute approximate surface area is 189 Å². The highest BCUT2D eigenvalue weighted by Gasteiger charge is 2.30. The second-order valence-corrected chi connectivity index (χ2v) is 10.5. The molecule has 4 rings (SSSR count). The molecular formula is C24H29N3O4S. The molecule has 2 heterocycles. The molecule has 2 amide bonds. The molecule has 0 spiro atoms. The van der Waals surface area contributed by atoms with Crippen LogP contribution < -0.4 is 5.32 Å². The first-order valence-electron chi connectivity index (χ1n) is 11.1. The smallest absolute Gasteiger partial charge is 0.251 e. The van der Waals surface area contributed by atoms with Crippen molar-refractivity contribution < 1.29 is 18.0 Å². The second kappa shape index (κ2) is 9.83. The maximum Gasteiger partial charge on any atom is 0.251 e. The molecule has 2 aromatic carbocycles. The first kappa shape index (κ1) is 22.5. The fourth-order valence-electron chi connectivity index (χ4n) is 4.32. The minimum atomic E-state index is -3.51. The van der Waals surface area contributed by atoms with E-state index in [-0.39, 0.29) is 22.6 Å². The van der Waals surface area contributed by atoms with Crippen molar-refractivity contribution in [2.45, 2.75) is 37.1 Å². The van der Waals surface area contributed by atoms with E-state index in [4.69, 9.17) is 0 Å². The molecule has 2 saturated heterocycles. The summed E-state index contributed by atoms with van der Waals surface area (Å²) >= 11 is 0. The third kappa shape index (κ3) is 5.19. The van der Waals surface area contributed by atoms with Gasteiger partial charge in [0.1, 0.15) is 0 Å². The van der Waals surface area contributed by atoms with E-state index in [2.05, 4.69) is 5.32 Å². The lowest BCUT2D eigenvalue weighted by Crippen LogP contribution is -2.35. The third-order valence-corrected chi connectivity index (χ3v) is 8.04. The Balaban J connectivity index is 1.30. The van der Waals surface area contributed by atoms with Gasteiger partial charge >= 0.3 is 0 Å². The zero-order valence-corrected chi connectivity index (χ0v) is 18.9. The van der Waals surface area contributed by atoms with E-state index in [0.717, 1.165) is 24.8 Å². The van der Waals surface area contributed by atoms with E-state index >= 15 is 0 Å². The lowest BCUT2D eigenvalue weighted by atomic mass is 10.1. The molecule has 2 aromatic rings. The number of carbonyl (C=O) groups excluding carboxylic acids is 2. The monoisotopic (exact) mass is 455 g/mol. The van der Waals surface area contributed by atoms with Crippen molar-refractivity contribution >= 4 is 21.8 Å². The molecule has 170 valence electrons. The van der Waals surface area contributed by atoms with Crippen molar-refractivity contribution in [3.8, 4) is 0 Å². The first-order chi connectivity index (χ1) is 15.4. The zero-order valence-electron chi connectivity index (χ0n) is 18.1. The van der Waals surface area contributed by atoms with Gasteiger partial charge in [0.25, 0.3) is 5.91 Å². The van der Waals surface area contributed by atoms with Gasteiger partial charge in [-0.25, -0.2) is 8.42 Å². The Morgan fingerprint density at radius 1 is 0.969 bits per heavy atom. The van der Waals surface area contributed by atoms with E-state index in [1.807, 2.05) is 35.2 Å². The molecule has 1 N–H and O–H groups in total. The summed E-state index contributed by atoms with van der Waals surface area (Å²) in [6, 6.07) is 16.0. The maximum absolute atomic E-state index is 12.7. The van der Waals surface area contributed by atoms with Crippen molar-refractivity contribution in [2.75, 3.05) is 26.2 Å². The van der Waals surface area contributed by atoms with Crippen LogP contribution in [-0.2, 0) is 21.4 Å². The average molecular weight is 456 g/mol. The first-order valence-corrected chi connectivity index (χ1v) is 12.6. The van der Waals surface area contributed by atoms with Gasteiger partial charge in [0.2, 0.25) is 15.9 Å². The summed E-state index contributed by atoms with van der Waals surface area (Å²) in [6.45, 7) is 2.69. The van der Waals surface area contributed by atoms with E-state index in [9.17, 15) is 18.0 Å². The second-order valence-electron chi connectivity index (χ2n) is 8.53. The highest BCUT2D eigenvalue weighted by molar-refractivity contribution is 7.89. The van der Waals surface area contributed by atoms with Crippen LogP contribution in [0.25, 0.3) is 0 Å². The Bertz CT molecular complexity index is 1050. The van der Waals surface area contributed by atoms with Crippen LogP contribution in [0.2, 0.25) is 0 Å². The lowest BCUT2D eigenvalue weighted by molar-refractivity contribution is -0.128. The van der Waals surface area contributed by atoms with Crippen molar-refractivity contribution in [1.29, 1.82) is 0 Å². The van der Waals surface area contributed by atoms with Crippen LogP contribution >= 0.6 is 0 Å². The molecule has 7 nitrogen and oxygen atoms in total. The number of hydrogen-bond acceptors (Lipinski definition) is 4. The fraction of sp³-hybridized carbons (Fsp3) is 0.417. The summed E-state index contributed by atoms with van der Waals surface area (Å²) in [5.41, 5.74) is 1.50. The van der Waals surface area contributed by atoms with Gasteiger partial charge in [-0.15, -0.1) is 0 Å². The molecule has 0 aromatic heterocycles. The number of benzene rings is 2. The number of hydrogen-bond donors (Lipinski definition) is 1. The van der Waals surface area contributed by atoms with Gasteiger partial charge in [-0.05, 0) is 42.7 Å². The minimum absolute atomic E-state index is 0.0638. The number of likely N-dealkylation sites (tertiary alicyclic amines) is 1. The van der Waals surface area contributed by atoms with Gasteiger partial charge in [0.05, 0.1) is 4.90 Å². The molecule has 0 bridgehead atoms. The zero-order chi connectivity index (χ0) is 22.6. The van der Waals surface area contributed by atoms with Crippen LogP contribution in [0.3, 0.4) is 0 Å². The van der Waals surface area contributed by atoms with Gasteiger partial charge in [-0.1, -0.05) is 36.8 Å². The topological polar surface area (TPSA) is 86.8 Å². The standard InChI is InChI=1S/C24H29N3O4S/c28-23-15-20(18-26(23)17-19-7-3-1-4-8-19)16-25-24(29)21-9-11-22(12-10-21)32(30,31)27-13-5-2-6-14-27/h1,3-4,7-12,20H,2,5-6,13-18H2,(H,25,29). The molecule has 32 heavy (non-hydrogen) atoms. The van der Waals surface area contributed by atoms with Crippen LogP contribution in [-0.4, -0.2) is 55.6 Å². The number of nitrogens with one attached hydrogen (secondary N) is 1. The average Bonchev–Trinajstić information content (AvgIpc) is 3.17. The summed E-state index contributed by atoms with van der Waals surface area (Å²) < 4.78 is 27.0. The predicted molar refractivity (Wildman–Crippen MR) is 121 cm³/mol. The number of carbonyl (C=O) groups is 2. The molecule has 2 aliphatic heterocycles. The number of nitrogens with zero attached hydrogens (tertiary/aromatic N) is 2. The van der Waals surface area contributed by atoms with Crippen LogP contribution in [0, 0.1) is 5.92 Å². The SMILES string of the molecule is O=C(NCC1CC(=O)N(Cc2ccccc2)C1)c1ccc(S(=O)(=O)N2CCCCC2)cc1. The molecule has 0 saturated carbocycles. The van der Waals surface area contributed by atoms with Crippen LogP contribution in [0.1, 0.15) is 41.6 Å². The molecule has 1 unspecified atom stereocenters. The molecule has 8 heteroatoms. The summed E-state index contributed by atoms with van der Waals surface area (Å²) in [6.07, 6.45) is 3.24. The van der Waals surface area contributed by atoms with Gasteiger partial charge in [0, 0.05) is 50.6 Å². The van der Waals surface area contributed by atoms with Crippen molar-refractivity contribution in [1.82, 2.24) is 14.5 Å². The van der Waals surface area contributed by atoms with Gasteiger partial charge in [-0.2, -0.15) is 4.31 Å². The molecule has 0 aliphatic carbocycles. The van der Waals surface area contributed by atoms with Crippen LogP contribution in [0.4, 0.5) is 0 Å². The summed E-state index contributed by atoms with van der Waals surface area (Å²) in [4.78, 5) is 26.9. The van der Waals surface area contributed by atoms with E-state index < -0.39 is 10.0 Å².